The summed E-state index contributed by atoms with van der Waals surface area (Å²) in [6, 6.07) is 21.7. The number of anilines is 3. The first-order valence-electron chi connectivity index (χ1n) is 15.2. The SMILES string of the molecule is C=S(C)(=O)Nc1ccc(Sc2ccc(CN3CCC(N(C(=O)Nc4cc(C=O)c(F)cc4F)c4ccccc4)CC3)c(C)n2)cc1.CN. The second-order valence-corrected chi connectivity index (χ2v) is 14.5. The predicted molar refractivity (Wildman–Crippen MR) is 192 cm³/mol. The fraction of sp³-hybridized carbons (Fsp3) is 0.257. The highest BCUT2D eigenvalue weighted by atomic mass is 32.2. The van der Waals surface area contributed by atoms with E-state index >= 15 is 0 Å². The summed E-state index contributed by atoms with van der Waals surface area (Å²) in [4.78, 5) is 34.5. The molecule has 13 heteroatoms. The Morgan fingerprint density at radius 2 is 1.73 bits per heavy atom. The van der Waals surface area contributed by atoms with E-state index in [1.165, 1.54) is 7.05 Å². The summed E-state index contributed by atoms with van der Waals surface area (Å²) in [6.07, 6.45) is 3.20. The van der Waals surface area contributed by atoms with E-state index in [9.17, 15) is 22.6 Å². The molecule has 9 nitrogen and oxygen atoms in total. The molecule has 1 aromatic heterocycles. The van der Waals surface area contributed by atoms with Crippen molar-refractivity contribution in [3.8, 4) is 0 Å². The lowest BCUT2D eigenvalue weighted by Gasteiger charge is -2.38. The molecular weight excluding hydrogens is 655 g/mol. The predicted octanol–water partition coefficient (Wildman–Crippen LogP) is 6.58. The molecule has 5 rings (SSSR count). The van der Waals surface area contributed by atoms with Gasteiger partial charge in [0.05, 0.1) is 11.3 Å². The average molecular weight is 695 g/mol. The van der Waals surface area contributed by atoms with E-state index in [4.69, 9.17) is 4.98 Å². The second-order valence-electron chi connectivity index (χ2n) is 11.2. The van der Waals surface area contributed by atoms with Crippen LogP contribution in [0.15, 0.2) is 88.8 Å². The highest BCUT2D eigenvalue weighted by Crippen LogP contribution is 2.30. The number of pyridine rings is 1. The number of amides is 2. The minimum Gasteiger partial charge on any atom is -0.333 e. The van der Waals surface area contributed by atoms with Crippen LogP contribution in [-0.4, -0.2) is 64.7 Å². The van der Waals surface area contributed by atoms with Crippen molar-refractivity contribution in [2.75, 3.05) is 41.3 Å². The molecule has 48 heavy (non-hydrogen) atoms. The number of para-hydroxylation sites is 1. The quantitative estimate of drug-likeness (QED) is 0.127. The Balaban J connectivity index is 0.00000255. The number of urea groups is 1. The number of likely N-dealkylation sites (tertiary alicyclic amines) is 1. The molecule has 3 aromatic carbocycles. The van der Waals surface area contributed by atoms with Gasteiger partial charge in [-0.25, -0.2) is 22.8 Å². The van der Waals surface area contributed by atoms with Crippen LogP contribution in [0.1, 0.15) is 34.5 Å². The van der Waals surface area contributed by atoms with Gasteiger partial charge in [-0.15, -0.1) is 0 Å². The Labute approximate surface area is 285 Å². The van der Waals surface area contributed by atoms with E-state index in [1.807, 2.05) is 67.6 Å². The van der Waals surface area contributed by atoms with Crippen LogP contribution in [0.25, 0.3) is 0 Å². The first kappa shape index (κ1) is 36.5. The van der Waals surface area contributed by atoms with Crippen LogP contribution in [0, 0.1) is 18.6 Å². The number of halogens is 2. The molecule has 4 aromatic rings. The molecule has 0 bridgehead atoms. The zero-order chi connectivity index (χ0) is 34.8. The van der Waals surface area contributed by atoms with Crippen LogP contribution < -0.4 is 20.7 Å². The van der Waals surface area contributed by atoms with Gasteiger partial charge in [-0.1, -0.05) is 36.0 Å². The number of rotatable bonds is 10. The molecule has 2 amide bonds. The van der Waals surface area contributed by atoms with Gasteiger partial charge in [0.25, 0.3) is 0 Å². The highest BCUT2D eigenvalue weighted by molar-refractivity contribution is 8.00. The van der Waals surface area contributed by atoms with Gasteiger partial charge in [-0.3, -0.25) is 14.6 Å². The van der Waals surface area contributed by atoms with Crippen LogP contribution in [0.5, 0.6) is 0 Å². The van der Waals surface area contributed by atoms with Crippen LogP contribution >= 0.6 is 11.8 Å². The topological polar surface area (TPSA) is 121 Å². The normalized spacial score (nSPS) is 14.6. The van der Waals surface area contributed by atoms with Crippen LogP contribution in [0.2, 0.25) is 0 Å². The molecule has 4 N–H and O–H groups in total. The smallest absolute Gasteiger partial charge is 0.326 e. The Bertz CT molecular complexity index is 1820. The van der Waals surface area contributed by atoms with E-state index < -0.39 is 27.4 Å². The molecule has 1 atom stereocenters. The first-order chi connectivity index (χ1) is 23.0. The van der Waals surface area contributed by atoms with Gasteiger partial charge in [0.15, 0.2) is 6.29 Å². The number of piperidine rings is 1. The van der Waals surface area contributed by atoms with E-state index in [-0.39, 0.29) is 23.6 Å². The van der Waals surface area contributed by atoms with Crippen molar-refractivity contribution in [1.82, 2.24) is 9.88 Å². The van der Waals surface area contributed by atoms with Crippen LogP contribution in [-0.2, 0) is 16.3 Å². The van der Waals surface area contributed by atoms with Gasteiger partial charge in [0.2, 0.25) is 0 Å². The summed E-state index contributed by atoms with van der Waals surface area (Å²) in [5.74, 6) is 1.68. The third-order valence-corrected chi connectivity index (χ3v) is 9.22. The number of hydrogen-bond donors (Lipinski definition) is 3. The standard InChI is InChI=1S/C34H35F2N5O3S2.CH5N/c1-23-24(9-14-33(37-23)45-29-12-10-26(11-13-29)39-46(2,3)44)21-40-17-15-28(16-18-40)41(27-7-5-4-6-8-27)34(43)38-32-19-25(22-42)30(35)20-31(32)36;1-2/h4-14,19-20,22,28H,2,15-18,21H2,1,3H3,(H,38,43)(H,39,44);2H2,1H3. The average Bonchev–Trinajstić information content (AvgIpc) is 3.06. The Hall–Kier alpha value is -4.30. The summed E-state index contributed by atoms with van der Waals surface area (Å²) in [5, 5.41) is 3.42. The summed E-state index contributed by atoms with van der Waals surface area (Å²) >= 11 is 1.55. The molecule has 254 valence electrons. The van der Waals surface area contributed by atoms with Gasteiger partial charge in [0.1, 0.15) is 16.7 Å². The second kappa shape index (κ2) is 16.7. The molecule has 0 radical (unpaired) electrons. The first-order valence-corrected chi connectivity index (χ1v) is 18.2. The minimum absolute atomic E-state index is 0.162. The van der Waals surface area contributed by atoms with Gasteiger partial charge in [0, 0.05) is 69.7 Å². The van der Waals surface area contributed by atoms with Gasteiger partial charge < -0.3 is 15.8 Å². The van der Waals surface area contributed by atoms with Gasteiger partial charge >= 0.3 is 6.03 Å². The number of carbonyl (C=O) groups is 2. The van der Waals surface area contributed by atoms with Crippen molar-refractivity contribution < 1.29 is 22.6 Å². The number of aryl methyl sites for hydroxylation is 1. The number of aldehydes is 1. The van der Waals surface area contributed by atoms with Gasteiger partial charge in [-0.2, -0.15) is 0 Å². The molecule has 0 saturated carbocycles. The molecule has 1 aliphatic heterocycles. The fourth-order valence-corrected chi connectivity index (χ4v) is 6.81. The maximum absolute atomic E-state index is 14.5. The molecule has 1 fully saturated rings. The zero-order valence-electron chi connectivity index (χ0n) is 27.1. The third kappa shape index (κ3) is 9.86. The van der Waals surface area contributed by atoms with E-state index in [1.54, 1.807) is 22.9 Å². The lowest BCUT2D eigenvalue weighted by Crippen LogP contribution is -2.49. The minimum atomic E-state index is -2.34. The number of nitrogens with zero attached hydrogens (tertiary/aromatic N) is 3. The summed E-state index contributed by atoms with van der Waals surface area (Å²) < 4.78 is 43.1. The number of carbonyl (C=O) groups excluding carboxylic acids is 2. The summed E-state index contributed by atoms with van der Waals surface area (Å²) in [6.45, 7) is 4.17. The lowest BCUT2D eigenvalue weighted by molar-refractivity contribution is 0.111. The molecule has 1 aliphatic rings. The number of benzene rings is 3. The van der Waals surface area contributed by atoms with Gasteiger partial charge in [-0.05, 0) is 86.8 Å². The van der Waals surface area contributed by atoms with Crippen LogP contribution in [0.4, 0.5) is 30.6 Å². The van der Waals surface area contributed by atoms with Crippen molar-refractivity contribution in [1.29, 1.82) is 0 Å². The maximum Gasteiger partial charge on any atom is 0.326 e. The Kier molecular flexibility index (Phi) is 12.7. The molecule has 0 aliphatic carbocycles. The largest absolute Gasteiger partial charge is 0.333 e. The summed E-state index contributed by atoms with van der Waals surface area (Å²) in [5.41, 5.74) is 7.37. The van der Waals surface area contributed by atoms with E-state index in [0.29, 0.717) is 31.1 Å². The third-order valence-electron chi connectivity index (χ3n) is 7.60. The fourth-order valence-electron chi connectivity index (χ4n) is 5.34. The molecule has 0 spiro atoms. The number of aromatic nitrogens is 1. The van der Waals surface area contributed by atoms with E-state index in [0.717, 1.165) is 46.0 Å². The maximum atomic E-state index is 14.5. The monoisotopic (exact) mass is 694 g/mol. The number of nitrogens with two attached hydrogens (primary N) is 1. The zero-order valence-corrected chi connectivity index (χ0v) is 28.8. The van der Waals surface area contributed by atoms with Crippen molar-refractivity contribution in [2.24, 2.45) is 5.73 Å². The van der Waals surface area contributed by atoms with Crippen molar-refractivity contribution >= 4 is 56.7 Å². The molecule has 2 heterocycles. The Morgan fingerprint density at radius 1 is 1.06 bits per heavy atom. The van der Waals surface area contributed by atoms with Crippen molar-refractivity contribution in [2.45, 2.75) is 42.3 Å². The van der Waals surface area contributed by atoms with Crippen LogP contribution in [0.3, 0.4) is 0 Å². The number of nitrogens with one attached hydrogen (secondary N) is 2. The van der Waals surface area contributed by atoms with E-state index in [2.05, 4.69) is 32.6 Å². The summed E-state index contributed by atoms with van der Waals surface area (Å²) in [7, 11) is -0.838. The highest BCUT2D eigenvalue weighted by Gasteiger charge is 2.30. The van der Waals surface area contributed by atoms with Crippen molar-refractivity contribution in [3.05, 3.63) is 107 Å². The Morgan fingerprint density at radius 3 is 2.33 bits per heavy atom. The molecular formula is C35H40F2N6O3S2. The van der Waals surface area contributed by atoms with Crippen molar-refractivity contribution in [3.63, 3.8) is 0 Å². The number of hydrogen-bond acceptors (Lipinski definition) is 7. The lowest BCUT2D eigenvalue weighted by atomic mass is 10.0. The molecule has 1 unspecified atom stereocenters. The molecule has 1 saturated heterocycles.